The van der Waals surface area contributed by atoms with Crippen LogP contribution in [0.15, 0.2) is 0 Å². The van der Waals surface area contributed by atoms with Gasteiger partial charge in [-0.25, -0.2) is 4.79 Å². The minimum absolute atomic E-state index is 0.116. The lowest BCUT2D eigenvalue weighted by molar-refractivity contribution is -0.136. The van der Waals surface area contributed by atoms with E-state index in [2.05, 4.69) is 4.74 Å². The third-order valence-corrected chi connectivity index (χ3v) is 1.63. The molecule has 3 amide bonds. The summed E-state index contributed by atoms with van der Waals surface area (Å²) in [7, 11) is 0. The zero-order valence-electron chi connectivity index (χ0n) is 7.15. The van der Waals surface area contributed by atoms with Crippen molar-refractivity contribution >= 4 is 17.9 Å². The van der Waals surface area contributed by atoms with Crippen molar-refractivity contribution in [2.45, 2.75) is 19.4 Å². The van der Waals surface area contributed by atoms with Gasteiger partial charge in [0, 0.05) is 0 Å². The van der Waals surface area contributed by atoms with Crippen molar-refractivity contribution in [3.05, 3.63) is 0 Å². The number of nitrogens with zero attached hydrogens (tertiary/aromatic N) is 1. The summed E-state index contributed by atoms with van der Waals surface area (Å²) in [6.07, 6.45) is -1.07. The Hall–Kier alpha value is -1.43. The number of hydrogen-bond acceptors (Lipinski definition) is 5. The van der Waals surface area contributed by atoms with Crippen LogP contribution in [0, 0.1) is 0 Å². The summed E-state index contributed by atoms with van der Waals surface area (Å²) in [5, 5.41) is 0. The number of carbonyl (C=O) groups excluding carboxylic acids is 3. The topological polar surface area (TPSA) is 89.7 Å². The van der Waals surface area contributed by atoms with E-state index in [-0.39, 0.29) is 13.0 Å². The van der Waals surface area contributed by atoms with Crippen LogP contribution < -0.4 is 5.73 Å². The number of ether oxygens (including phenoxy) is 1. The highest BCUT2D eigenvalue weighted by Gasteiger charge is 2.41. The van der Waals surface area contributed by atoms with Gasteiger partial charge in [-0.3, -0.25) is 9.59 Å². The molecule has 0 aliphatic carbocycles. The Labute approximate surface area is 74.6 Å². The molecule has 1 fully saturated rings. The number of rotatable bonds is 1. The molecule has 0 aromatic rings. The van der Waals surface area contributed by atoms with Gasteiger partial charge in [0.25, 0.3) is 5.91 Å². The molecule has 1 saturated heterocycles. The Balaban J connectivity index is 2.74. The SMILES string of the molecule is CCOC(=O)N1C(=O)C[C@@H](N)C1=O. The lowest BCUT2D eigenvalue weighted by Crippen LogP contribution is -2.40. The maximum Gasteiger partial charge on any atom is 0.423 e. The molecule has 0 saturated carbocycles. The normalized spacial score (nSPS) is 22.3. The fourth-order valence-electron chi connectivity index (χ4n) is 1.04. The minimum atomic E-state index is -0.939. The molecule has 1 rings (SSSR count). The Morgan fingerprint density at radius 3 is 2.69 bits per heavy atom. The molecule has 1 aliphatic heterocycles. The highest BCUT2D eigenvalue weighted by atomic mass is 16.6. The van der Waals surface area contributed by atoms with E-state index in [4.69, 9.17) is 5.73 Å². The highest BCUT2D eigenvalue weighted by Crippen LogP contribution is 2.12. The van der Waals surface area contributed by atoms with Gasteiger partial charge in [-0.15, -0.1) is 0 Å². The van der Waals surface area contributed by atoms with E-state index in [0.717, 1.165) is 0 Å². The van der Waals surface area contributed by atoms with Crippen molar-refractivity contribution in [1.82, 2.24) is 4.90 Å². The first-order valence-electron chi connectivity index (χ1n) is 3.87. The van der Waals surface area contributed by atoms with Crippen LogP contribution in [0.3, 0.4) is 0 Å². The number of carbonyl (C=O) groups is 3. The van der Waals surface area contributed by atoms with Gasteiger partial charge in [-0.2, -0.15) is 4.90 Å². The molecule has 72 valence electrons. The van der Waals surface area contributed by atoms with E-state index in [1.54, 1.807) is 6.92 Å². The van der Waals surface area contributed by atoms with Crippen molar-refractivity contribution in [3.8, 4) is 0 Å². The van der Waals surface area contributed by atoms with Crippen molar-refractivity contribution in [2.75, 3.05) is 6.61 Å². The van der Waals surface area contributed by atoms with Crippen molar-refractivity contribution < 1.29 is 19.1 Å². The van der Waals surface area contributed by atoms with Crippen molar-refractivity contribution in [2.24, 2.45) is 5.73 Å². The Morgan fingerprint density at radius 2 is 2.31 bits per heavy atom. The molecule has 6 heteroatoms. The number of likely N-dealkylation sites (tertiary alicyclic amines) is 1. The van der Waals surface area contributed by atoms with E-state index in [0.29, 0.717) is 4.90 Å². The first kappa shape index (κ1) is 9.66. The van der Waals surface area contributed by atoms with Gasteiger partial charge in [0.15, 0.2) is 0 Å². The van der Waals surface area contributed by atoms with Crippen LogP contribution in [0.25, 0.3) is 0 Å². The summed E-state index contributed by atoms with van der Waals surface area (Å²) in [6, 6.07) is -0.906. The van der Waals surface area contributed by atoms with Crippen LogP contribution in [-0.2, 0) is 14.3 Å². The van der Waals surface area contributed by atoms with Gasteiger partial charge < -0.3 is 10.5 Å². The fraction of sp³-hybridized carbons (Fsp3) is 0.571. The summed E-state index contributed by atoms with van der Waals surface area (Å²) in [4.78, 5) is 33.6. The summed E-state index contributed by atoms with van der Waals surface area (Å²) in [5.41, 5.74) is 5.27. The standard InChI is InChI=1S/C7H10N2O4/c1-2-13-7(12)9-5(10)3-4(8)6(9)11/h4H,2-3,8H2,1H3/t4-/m1/s1. The van der Waals surface area contributed by atoms with Crippen LogP contribution in [0.4, 0.5) is 4.79 Å². The summed E-state index contributed by atoms with van der Waals surface area (Å²) in [6.45, 7) is 1.70. The average Bonchev–Trinajstić information content (AvgIpc) is 2.27. The van der Waals surface area contributed by atoms with Gasteiger partial charge in [0.1, 0.15) is 0 Å². The van der Waals surface area contributed by atoms with Crippen LogP contribution >= 0.6 is 0 Å². The molecule has 1 atom stereocenters. The zero-order valence-corrected chi connectivity index (χ0v) is 7.15. The van der Waals surface area contributed by atoms with Gasteiger partial charge >= 0.3 is 6.09 Å². The molecular weight excluding hydrogens is 176 g/mol. The second-order valence-corrected chi connectivity index (χ2v) is 2.58. The zero-order chi connectivity index (χ0) is 10.0. The molecule has 1 heterocycles. The smallest absolute Gasteiger partial charge is 0.423 e. The molecule has 2 N–H and O–H groups in total. The second-order valence-electron chi connectivity index (χ2n) is 2.58. The van der Waals surface area contributed by atoms with Crippen LogP contribution in [0.1, 0.15) is 13.3 Å². The molecule has 0 aromatic heterocycles. The molecule has 0 unspecified atom stereocenters. The van der Waals surface area contributed by atoms with Crippen molar-refractivity contribution in [3.63, 3.8) is 0 Å². The van der Waals surface area contributed by atoms with Crippen molar-refractivity contribution in [1.29, 1.82) is 0 Å². The number of imide groups is 3. The van der Waals surface area contributed by atoms with Crippen LogP contribution in [-0.4, -0.2) is 35.5 Å². The van der Waals surface area contributed by atoms with Gasteiger partial charge in [0.2, 0.25) is 5.91 Å². The van der Waals surface area contributed by atoms with Gasteiger partial charge in [-0.1, -0.05) is 0 Å². The quantitative estimate of drug-likeness (QED) is 0.543. The lowest BCUT2D eigenvalue weighted by atomic mass is 10.3. The van der Waals surface area contributed by atoms with E-state index in [9.17, 15) is 14.4 Å². The molecule has 0 aromatic carbocycles. The fourth-order valence-corrected chi connectivity index (χ4v) is 1.04. The van der Waals surface area contributed by atoms with Crippen LogP contribution in [0.5, 0.6) is 0 Å². The first-order chi connectivity index (χ1) is 6.07. The van der Waals surface area contributed by atoms with E-state index in [1.807, 2.05) is 0 Å². The molecule has 0 bridgehead atoms. The van der Waals surface area contributed by atoms with E-state index in [1.165, 1.54) is 0 Å². The molecule has 1 aliphatic rings. The molecular formula is C7H10N2O4. The third-order valence-electron chi connectivity index (χ3n) is 1.63. The number of hydrogen-bond donors (Lipinski definition) is 1. The maximum absolute atomic E-state index is 11.1. The number of nitrogens with two attached hydrogens (primary N) is 1. The lowest BCUT2D eigenvalue weighted by Gasteiger charge is -2.10. The van der Waals surface area contributed by atoms with E-state index >= 15 is 0 Å². The molecule has 13 heavy (non-hydrogen) atoms. The highest BCUT2D eigenvalue weighted by molar-refractivity contribution is 6.15. The third kappa shape index (κ3) is 1.67. The predicted molar refractivity (Wildman–Crippen MR) is 41.5 cm³/mol. The van der Waals surface area contributed by atoms with Gasteiger partial charge in [0.05, 0.1) is 19.1 Å². The molecule has 0 spiro atoms. The first-order valence-corrected chi connectivity index (χ1v) is 3.87. The van der Waals surface area contributed by atoms with Gasteiger partial charge in [-0.05, 0) is 6.92 Å². The minimum Gasteiger partial charge on any atom is -0.449 e. The predicted octanol–water partition coefficient (Wildman–Crippen LogP) is -0.771. The van der Waals surface area contributed by atoms with Crippen LogP contribution in [0.2, 0.25) is 0 Å². The summed E-state index contributed by atoms with van der Waals surface area (Å²) < 4.78 is 4.50. The summed E-state index contributed by atoms with van der Waals surface area (Å²) >= 11 is 0. The Bertz CT molecular complexity index is 263. The Morgan fingerprint density at radius 1 is 1.69 bits per heavy atom. The average molecular weight is 186 g/mol. The van der Waals surface area contributed by atoms with E-state index < -0.39 is 23.9 Å². The molecule has 0 radical (unpaired) electrons. The Kier molecular flexibility index (Phi) is 2.62. The maximum atomic E-state index is 11.1. The summed E-state index contributed by atoms with van der Waals surface area (Å²) in [5.74, 6) is -1.29. The monoisotopic (exact) mass is 186 g/mol. The largest absolute Gasteiger partial charge is 0.449 e. The molecule has 6 nitrogen and oxygen atoms in total. The number of amides is 3. The second kappa shape index (κ2) is 3.53.